The summed E-state index contributed by atoms with van der Waals surface area (Å²) in [5, 5.41) is 13.3. The van der Waals surface area contributed by atoms with Crippen LogP contribution in [0.2, 0.25) is 5.02 Å². The predicted molar refractivity (Wildman–Crippen MR) is 152 cm³/mol. The quantitative estimate of drug-likeness (QED) is 0.365. The minimum Gasteiger partial charge on any atom is -0.455 e. The third kappa shape index (κ3) is 5.52. The standard InChI is InChI=1S/C29H25ClN6O2S/c1-17-18(2)39-29-26(17)27(21-8-10-22(30)11-9-21)33-24(28-35-34-19(3)36(28)29)15-25(37)32-13-5-6-20-14-23(38-16-20)7-4-12-31/h8-11,14,16,24H,12-13,15,31H2,1-3H3,(H,32,37)/t24-/m0/s1. The van der Waals surface area contributed by atoms with Crippen molar-refractivity contribution in [1.29, 1.82) is 0 Å². The van der Waals surface area contributed by atoms with Crippen LogP contribution in [0.25, 0.3) is 5.00 Å². The van der Waals surface area contributed by atoms with E-state index < -0.39 is 6.04 Å². The van der Waals surface area contributed by atoms with Crippen LogP contribution in [0.3, 0.4) is 0 Å². The number of thiophene rings is 1. The van der Waals surface area contributed by atoms with Crippen LogP contribution >= 0.6 is 22.9 Å². The second-order valence-electron chi connectivity index (χ2n) is 8.89. The zero-order chi connectivity index (χ0) is 27.5. The van der Waals surface area contributed by atoms with E-state index in [9.17, 15) is 4.79 Å². The Morgan fingerprint density at radius 3 is 2.74 bits per heavy atom. The molecule has 4 heterocycles. The molecule has 39 heavy (non-hydrogen) atoms. The molecule has 0 saturated heterocycles. The van der Waals surface area contributed by atoms with Gasteiger partial charge in [0.25, 0.3) is 0 Å². The van der Waals surface area contributed by atoms with E-state index in [1.165, 1.54) is 11.1 Å². The normalized spacial score (nSPS) is 13.7. The summed E-state index contributed by atoms with van der Waals surface area (Å²) in [7, 11) is 0. The van der Waals surface area contributed by atoms with Crippen molar-refractivity contribution in [2.75, 3.05) is 13.1 Å². The Labute approximate surface area is 235 Å². The molecule has 0 saturated carbocycles. The maximum atomic E-state index is 13.0. The van der Waals surface area contributed by atoms with E-state index in [-0.39, 0.29) is 25.4 Å². The van der Waals surface area contributed by atoms with Crippen molar-refractivity contribution in [1.82, 2.24) is 20.1 Å². The van der Waals surface area contributed by atoms with Crippen LogP contribution in [0.1, 0.15) is 57.0 Å². The van der Waals surface area contributed by atoms with E-state index in [1.54, 1.807) is 17.4 Å². The first kappa shape index (κ1) is 26.5. The van der Waals surface area contributed by atoms with Crippen LogP contribution in [0.15, 0.2) is 46.0 Å². The fourth-order valence-electron chi connectivity index (χ4n) is 4.27. The molecule has 0 unspecified atom stereocenters. The van der Waals surface area contributed by atoms with E-state index >= 15 is 0 Å². The number of carbonyl (C=O) groups excluding carboxylic acids is 1. The fourth-order valence-corrected chi connectivity index (χ4v) is 5.61. The molecular formula is C29H25ClN6O2S. The highest BCUT2D eigenvalue weighted by Crippen LogP contribution is 2.39. The number of nitrogens with zero attached hydrogens (tertiary/aromatic N) is 4. The maximum Gasteiger partial charge on any atom is 0.223 e. The minimum absolute atomic E-state index is 0.0917. The Kier molecular flexibility index (Phi) is 7.67. The molecule has 1 atom stereocenters. The topological polar surface area (TPSA) is 111 Å². The number of fused-ring (bicyclic) bond motifs is 3. The van der Waals surface area contributed by atoms with E-state index in [2.05, 4.69) is 53.0 Å². The molecule has 1 amide bonds. The summed E-state index contributed by atoms with van der Waals surface area (Å²) in [6.07, 6.45) is 1.61. The molecule has 4 aromatic rings. The Hall–Kier alpha value is -4.15. The van der Waals surface area contributed by atoms with Gasteiger partial charge in [0.15, 0.2) is 11.6 Å². The Morgan fingerprint density at radius 2 is 1.97 bits per heavy atom. The highest BCUT2D eigenvalue weighted by atomic mass is 35.5. The number of amides is 1. The largest absolute Gasteiger partial charge is 0.455 e. The third-order valence-electron chi connectivity index (χ3n) is 6.26. The summed E-state index contributed by atoms with van der Waals surface area (Å²) in [5.41, 5.74) is 9.94. The number of nitrogens with two attached hydrogens (primary N) is 1. The smallest absolute Gasteiger partial charge is 0.223 e. The van der Waals surface area contributed by atoms with E-state index in [0.717, 1.165) is 33.2 Å². The molecule has 5 rings (SSSR count). The summed E-state index contributed by atoms with van der Waals surface area (Å²) in [6.45, 7) is 6.52. The van der Waals surface area contributed by atoms with Crippen molar-refractivity contribution in [3.05, 3.63) is 86.2 Å². The van der Waals surface area contributed by atoms with Crippen LogP contribution in [0, 0.1) is 44.5 Å². The lowest BCUT2D eigenvalue weighted by Gasteiger charge is -2.12. The number of halogens is 1. The van der Waals surface area contributed by atoms with Crippen molar-refractivity contribution in [3.63, 3.8) is 0 Å². The Balaban J connectivity index is 1.41. The van der Waals surface area contributed by atoms with Gasteiger partial charge in [0.1, 0.15) is 23.1 Å². The molecule has 1 aliphatic rings. The fraction of sp³-hybridized carbons (Fsp3) is 0.241. The SMILES string of the molecule is Cc1sc2c(c1C)C(c1ccc(Cl)cc1)=N[C@@H](CC(=O)NCC#Cc1coc(C#CCN)c1)c1nnc(C)n1-2. The van der Waals surface area contributed by atoms with E-state index in [0.29, 0.717) is 22.2 Å². The van der Waals surface area contributed by atoms with Crippen LogP contribution in [0.5, 0.6) is 0 Å². The van der Waals surface area contributed by atoms with Gasteiger partial charge in [-0.15, -0.1) is 21.5 Å². The summed E-state index contributed by atoms with van der Waals surface area (Å²) in [4.78, 5) is 19.3. The van der Waals surface area contributed by atoms with E-state index in [1.807, 2.05) is 35.8 Å². The van der Waals surface area contributed by atoms with Gasteiger partial charge in [-0.1, -0.05) is 41.5 Å². The molecule has 1 aromatic carbocycles. The zero-order valence-electron chi connectivity index (χ0n) is 21.6. The lowest BCUT2D eigenvalue weighted by molar-refractivity contribution is -0.121. The van der Waals surface area contributed by atoms with Crippen LogP contribution in [-0.4, -0.2) is 39.5 Å². The van der Waals surface area contributed by atoms with Gasteiger partial charge in [-0.25, -0.2) is 0 Å². The first-order chi connectivity index (χ1) is 18.9. The molecule has 10 heteroatoms. The summed E-state index contributed by atoms with van der Waals surface area (Å²) < 4.78 is 7.35. The third-order valence-corrected chi connectivity index (χ3v) is 7.70. The molecule has 196 valence electrons. The lowest BCUT2D eigenvalue weighted by Crippen LogP contribution is -2.25. The van der Waals surface area contributed by atoms with Crippen molar-refractivity contribution >= 4 is 34.6 Å². The highest BCUT2D eigenvalue weighted by Gasteiger charge is 2.32. The molecule has 3 aromatic heterocycles. The average Bonchev–Trinajstić information content (AvgIpc) is 3.59. The number of furan rings is 1. The van der Waals surface area contributed by atoms with Gasteiger partial charge in [-0.2, -0.15) is 0 Å². The summed E-state index contributed by atoms with van der Waals surface area (Å²) >= 11 is 7.84. The first-order valence-corrected chi connectivity index (χ1v) is 13.4. The maximum absolute atomic E-state index is 13.0. The van der Waals surface area contributed by atoms with Gasteiger partial charge >= 0.3 is 0 Å². The van der Waals surface area contributed by atoms with Crippen molar-refractivity contribution in [2.45, 2.75) is 33.2 Å². The molecular weight excluding hydrogens is 532 g/mol. The summed E-state index contributed by atoms with van der Waals surface area (Å²) in [5.74, 6) is 13.1. The molecule has 8 nitrogen and oxygen atoms in total. The van der Waals surface area contributed by atoms with Gasteiger partial charge in [-0.3, -0.25) is 14.4 Å². The van der Waals surface area contributed by atoms with Crippen molar-refractivity contribution in [2.24, 2.45) is 10.7 Å². The Bertz CT molecular complexity index is 1710. The number of carbonyl (C=O) groups is 1. The number of benzene rings is 1. The number of hydrogen-bond donors (Lipinski definition) is 2. The van der Waals surface area contributed by atoms with Gasteiger partial charge in [0.2, 0.25) is 5.91 Å². The van der Waals surface area contributed by atoms with E-state index in [4.69, 9.17) is 26.7 Å². The lowest BCUT2D eigenvalue weighted by atomic mass is 9.99. The van der Waals surface area contributed by atoms with Gasteiger partial charge in [-0.05, 0) is 44.4 Å². The molecule has 0 fully saturated rings. The second-order valence-corrected chi connectivity index (χ2v) is 10.5. The average molecular weight is 557 g/mol. The minimum atomic E-state index is -0.540. The molecule has 0 aliphatic carbocycles. The number of aryl methyl sites for hydroxylation is 2. The molecule has 0 radical (unpaired) electrons. The first-order valence-electron chi connectivity index (χ1n) is 12.2. The van der Waals surface area contributed by atoms with Gasteiger partial charge < -0.3 is 15.5 Å². The number of rotatable bonds is 4. The molecule has 0 bridgehead atoms. The molecule has 1 aliphatic heterocycles. The predicted octanol–water partition coefficient (Wildman–Crippen LogP) is 4.26. The monoisotopic (exact) mass is 556 g/mol. The number of aliphatic imine (C=N–C) groups is 1. The zero-order valence-corrected chi connectivity index (χ0v) is 23.2. The number of hydrogen-bond acceptors (Lipinski definition) is 7. The second kappa shape index (κ2) is 11.3. The number of aromatic nitrogens is 3. The molecule has 3 N–H and O–H groups in total. The Morgan fingerprint density at radius 1 is 1.18 bits per heavy atom. The van der Waals surface area contributed by atoms with Crippen molar-refractivity contribution in [3.8, 4) is 28.7 Å². The highest BCUT2D eigenvalue weighted by molar-refractivity contribution is 7.15. The van der Waals surface area contributed by atoms with Gasteiger partial charge in [0.05, 0.1) is 30.8 Å². The van der Waals surface area contributed by atoms with Crippen LogP contribution < -0.4 is 11.1 Å². The van der Waals surface area contributed by atoms with Crippen molar-refractivity contribution < 1.29 is 9.21 Å². The van der Waals surface area contributed by atoms with Crippen LogP contribution in [0.4, 0.5) is 0 Å². The number of nitrogens with one attached hydrogen (secondary N) is 1. The summed E-state index contributed by atoms with van der Waals surface area (Å²) in [6, 6.07) is 8.78. The van der Waals surface area contributed by atoms with Crippen LogP contribution in [-0.2, 0) is 4.79 Å². The molecule has 0 spiro atoms. The van der Waals surface area contributed by atoms with Gasteiger partial charge in [0, 0.05) is 27.1 Å².